The van der Waals surface area contributed by atoms with Crippen LogP contribution in [0, 0.1) is 0 Å². The number of carbonyl (C=O) groups excluding carboxylic acids is 1. The maximum atomic E-state index is 12.5. The molecule has 0 aromatic heterocycles. The van der Waals surface area contributed by atoms with Gasteiger partial charge in [-0.1, -0.05) is 12.1 Å². The van der Waals surface area contributed by atoms with Crippen molar-refractivity contribution in [1.29, 1.82) is 0 Å². The Morgan fingerprint density at radius 3 is 2.52 bits per heavy atom. The van der Waals surface area contributed by atoms with Crippen molar-refractivity contribution in [3.8, 4) is 5.75 Å². The molecule has 1 aromatic carbocycles. The van der Waals surface area contributed by atoms with Crippen molar-refractivity contribution in [3.05, 3.63) is 29.8 Å². The van der Waals surface area contributed by atoms with E-state index in [1.807, 2.05) is 30.5 Å². The third-order valence-electron chi connectivity index (χ3n) is 4.25. The third kappa shape index (κ3) is 5.68. The van der Waals surface area contributed by atoms with Crippen molar-refractivity contribution in [1.82, 2.24) is 5.32 Å². The normalized spacial score (nSPS) is 20.0. The number of rotatable bonds is 9. The molecule has 1 aliphatic rings. The van der Waals surface area contributed by atoms with E-state index in [1.165, 1.54) is 0 Å². The maximum Gasteiger partial charge on any atom is 0.263 e. The summed E-state index contributed by atoms with van der Waals surface area (Å²) in [6.07, 6.45) is 3.46. The lowest BCUT2D eigenvalue weighted by Gasteiger charge is -2.28. The van der Waals surface area contributed by atoms with Gasteiger partial charge in [0, 0.05) is 5.92 Å². The summed E-state index contributed by atoms with van der Waals surface area (Å²) in [5.74, 6) is 1.38. The number of hydrogen-bond acceptors (Lipinski definition) is 4. The second-order valence-electron chi connectivity index (χ2n) is 6.83. The summed E-state index contributed by atoms with van der Waals surface area (Å²) < 4.78 is 5.20. The van der Waals surface area contributed by atoms with Gasteiger partial charge in [-0.15, -0.1) is 23.2 Å². The second kappa shape index (κ2) is 8.38. The molecule has 2 N–H and O–H groups in total. The van der Waals surface area contributed by atoms with Gasteiger partial charge in [0.1, 0.15) is 10.1 Å². The van der Waals surface area contributed by atoms with E-state index in [4.69, 9.17) is 27.9 Å². The number of hydrogen-bond donors (Lipinski definition) is 2. The van der Waals surface area contributed by atoms with Gasteiger partial charge in [-0.25, -0.2) is 0 Å². The zero-order valence-electron chi connectivity index (χ0n) is 14.7. The first-order valence-electron chi connectivity index (χ1n) is 8.27. The highest BCUT2D eigenvalue weighted by Crippen LogP contribution is 2.59. The fraction of sp³-hybridized carbons (Fsp3) is 0.611. The molecule has 2 atom stereocenters. The molecule has 4 nitrogen and oxygen atoms in total. The molecule has 0 heterocycles. The van der Waals surface area contributed by atoms with E-state index in [2.05, 4.69) is 5.32 Å². The molecule has 1 fully saturated rings. The summed E-state index contributed by atoms with van der Waals surface area (Å²) >= 11 is 13.9. The molecule has 0 saturated heterocycles. The fourth-order valence-corrected chi connectivity index (χ4v) is 3.59. The topological polar surface area (TPSA) is 58.6 Å². The molecule has 0 radical (unpaired) electrons. The molecule has 1 saturated carbocycles. The van der Waals surface area contributed by atoms with Gasteiger partial charge in [0.25, 0.3) is 5.91 Å². The molecular weight excluding hydrogens is 381 g/mol. The predicted molar refractivity (Wildman–Crippen MR) is 105 cm³/mol. The van der Waals surface area contributed by atoms with Gasteiger partial charge in [0.2, 0.25) is 0 Å². The Morgan fingerprint density at radius 1 is 1.44 bits per heavy atom. The first-order chi connectivity index (χ1) is 11.7. The van der Waals surface area contributed by atoms with Crippen molar-refractivity contribution in [2.75, 3.05) is 18.6 Å². The monoisotopic (exact) mass is 405 g/mol. The lowest BCUT2D eigenvalue weighted by atomic mass is 10.1. The molecule has 2 unspecified atom stereocenters. The van der Waals surface area contributed by atoms with Crippen molar-refractivity contribution in [2.24, 2.45) is 0 Å². The molecule has 25 heavy (non-hydrogen) atoms. The highest BCUT2D eigenvalue weighted by atomic mass is 35.5. The number of amides is 1. The zero-order valence-corrected chi connectivity index (χ0v) is 17.0. The molecule has 0 bridgehead atoms. The summed E-state index contributed by atoms with van der Waals surface area (Å²) in [4.78, 5) is 12.5. The van der Waals surface area contributed by atoms with Crippen LogP contribution in [-0.2, 0) is 4.79 Å². The van der Waals surface area contributed by atoms with Gasteiger partial charge < -0.3 is 15.2 Å². The number of ether oxygens (including phenoxy) is 1. The molecule has 0 aliphatic heterocycles. The van der Waals surface area contributed by atoms with Gasteiger partial charge in [0.05, 0.1) is 12.6 Å². The molecule has 7 heteroatoms. The van der Waals surface area contributed by atoms with E-state index >= 15 is 0 Å². The number of benzene rings is 1. The van der Waals surface area contributed by atoms with Crippen LogP contribution in [-0.4, -0.2) is 45.6 Å². The number of nitrogens with one attached hydrogen (secondary N) is 1. The standard InChI is InChI=1S/C18H25Cl2NO3S/c1-17(2,16(23)21-13(11-22)8-9-25-3)24-14-6-4-12(5-7-14)15-10-18(15,19)20/h4-7,13,15,22H,8-11H2,1-3H3,(H,21,23). The van der Waals surface area contributed by atoms with Gasteiger partial charge in [-0.05, 0) is 56.4 Å². The maximum absolute atomic E-state index is 12.5. The van der Waals surface area contributed by atoms with Crippen LogP contribution in [0.1, 0.15) is 38.2 Å². The van der Waals surface area contributed by atoms with Crippen molar-refractivity contribution >= 4 is 40.9 Å². The Labute approximate surface area is 163 Å². The smallest absolute Gasteiger partial charge is 0.263 e. The summed E-state index contributed by atoms with van der Waals surface area (Å²) in [5, 5.41) is 12.3. The molecule has 0 spiro atoms. The van der Waals surface area contributed by atoms with Gasteiger partial charge in [-0.3, -0.25) is 4.79 Å². The third-order valence-corrected chi connectivity index (χ3v) is 5.73. The lowest BCUT2D eigenvalue weighted by molar-refractivity contribution is -0.135. The lowest BCUT2D eigenvalue weighted by Crippen LogP contribution is -2.51. The predicted octanol–water partition coefficient (Wildman–Crippen LogP) is 3.74. The minimum absolute atomic E-state index is 0.0862. The van der Waals surface area contributed by atoms with Crippen molar-refractivity contribution in [3.63, 3.8) is 0 Å². The molecule has 140 valence electrons. The summed E-state index contributed by atoms with van der Waals surface area (Å²) in [6.45, 7) is 3.34. The largest absolute Gasteiger partial charge is 0.478 e. The van der Waals surface area contributed by atoms with Gasteiger partial charge in [-0.2, -0.15) is 11.8 Å². The minimum atomic E-state index is -1.05. The van der Waals surface area contributed by atoms with Crippen LogP contribution in [0.2, 0.25) is 0 Å². The molecule has 1 amide bonds. The van der Waals surface area contributed by atoms with Crippen LogP contribution < -0.4 is 10.1 Å². The number of alkyl halides is 2. The second-order valence-corrected chi connectivity index (χ2v) is 9.36. The zero-order chi connectivity index (χ0) is 18.7. The summed E-state index contributed by atoms with van der Waals surface area (Å²) in [5.41, 5.74) is 0.0216. The van der Waals surface area contributed by atoms with Crippen molar-refractivity contribution in [2.45, 2.75) is 48.6 Å². The van der Waals surface area contributed by atoms with E-state index in [-0.39, 0.29) is 24.5 Å². The van der Waals surface area contributed by atoms with Gasteiger partial charge in [0.15, 0.2) is 5.60 Å². The summed E-state index contributed by atoms with van der Waals surface area (Å²) in [7, 11) is 0. The van der Waals surface area contributed by atoms with Crippen LogP contribution in [0.15, 0.2) is 24.3 Å². The number of aliphatic hydroxyl groups is 1. The quantitative estimate of drug-likeness (QED) is 0.614. The molecule has 1 aliphatic carbocycles. The van der Waals surface area contributed by atoms with Crippen LogP contribution in [0.5, 0.6) is 5.75 Å². The van der Waals surface area contributed by atoms with E-state index < -0.39 is 9.93 Å². The number of carbonyl (C=O) groups is 1. The molecular formula is C18H25Cl2NO3S. The fourth-order valence-electron chi connectivity index (χ4n) is 2.51. The van der Waals surface area contributed by atoms with Gasteiger partial charge >= 0.3 is 0 Å². The Balaban J connectivity index is 1.94. The van der Waals surface area contributed by atoms with E-state index in [0.29, 0.717) is 12.2 Å². The first kappa shape index (κ1) is 20.7. The number of halogens is 2. The molecule has 2 rings (SSSR count). The average molecular weight is 406 g/mol. The van der Waals surface area contributed by atoms with Crippen LogP contribution in [0.4, 0.5) is 0 Å². The Kier molecular flexibility index (Phi) is 6.94. The minimum Gasteiger partial charge on any atom is -0.478 e. The average Bonchev–Trinajstić information content (AvgIpc) is 3.20. The highest BCUT2D eigenvalue weighted by Gasteiger charge is 2.52. The Morgan fingerprint density at radius 2 is 2.04 bits per heavy atom. The van der Waals surface area contributed by atoms with Crippen LogP contribution >= 0.6 is 35.0 Å². The van der Waals surface area contributed by atoms with Crippen LogP contribution in [0.25, 0.3) is 0 Å². The first-order valence-corrected chi connectivity index (χ1v) is 10.4. The number of thioether (sulfide) groups is 1. The van der Waals surface area contributed by atoms with E-state index in [1.54, 1.807) is 25.6 Å². The van der Waals surface area contributed by atoms with E-state index in [9.17, 15) is 9.90 Å². The SMILES string of the molecule is CSCCC(CO)NC(=O)C(C)(C)Oc1ccc(C2CC2(Cl)Cl)cc1. The Bertz CT molecular complexity index is 592. The van der Waals surface area contributed by atoms with E-state index in [0.717, 1.165) is 17.7 Å². The summed E-state index contributed by atoms with van der Waals surface area (Å²) in [6, 6.07) is 7.24. The van der Waals surface area contributed by atoms with Crippen LogP contribution in [0.3, 0.4) is 0 Å². The Hall–Kier alpha value is -0.620. The highest BCUT2D eigenvalue weighted by molar-refractivity contribution is 7.98. The number of aliphatic hydroxyl groups excluding tert-OH is 1. The van der Waals surface area contributed by atoms with Crippen molar-refractivity contribution < 1.29 is 14.6 Å². The molecule has 1 aromatic rings.